The van der Waals surface area contributed by atoms with Gasteiger partial charge in [0, 0.05) is 16.8 Å². The van der Waals surface area contributed by atoms with Crippen molar-refractivity contribution in [1.29, 1.82) is 0 Å². The van der Waals surface area contributed by atoms with Crippen molar-refractivity contribution >= 4 is 23.4 Å². The van der Waals surface area contributed by atoms with Gasteiger partial charge in [-0.05, 0) is 60.7 Å². The third-order valence-corrected chi connectivity index (χ3v) is 3.79. The van der Waals surface area contributed by atoms with Crippen LogP contribution in [0.25, 0.3) is 0 Å². The molecular weight excluding hydrogens is 362 g/mol. The van der Waals surface area contributed by atoms with Crippen molar-refractivity contribution in [2.24, 2.45) is 0 Å². The number of ether oxygens (including phenoxy) is 1. The predicted molar refractivity (Wildman–Crippen MR) is 101 cm³/mol. The number of hydrogen-bond donors (Lipinski definition) is 3. The number of furan rings is 1. The van der Waals surface area contributed by atoms with E-state index >= 15 is 0 Å². The van der Waals surface area contributed by atoms with E-state index in [1.165, 1.54) is 24.5 Å². The summed E-state index contributed by atoms with van der Waals surface area (Å²) in [6.07, 6.45) is 1.36. The van der Waals surface area contributed by atoms with Crippen LogP contribution in [-0.2, 0) is 0 Å². The largest absolute Gasteiger partial charge is 0.497 e. The summed E-state index contributed by atoms with van der Waals surface area (Å²) in [6, 6.07) is 16.0. The van der Waals surface area contributed by atoms with Crippen LogP contribution in [0.4, 0.5) is 5.69 Å². The molecule has 0 bridgehead atoms. The Morgan fingerprint density at radius 1 is 0.786 bits per heavy atom. The van der Waals surface area contributed by atoms with E-state index in [4.69, 9.17) is 9.15 Å². The number of benzene rings is 2. The van der Waals surface area contributed by atoms with Crippen molar-refractivity contribution in [3.05, 3.63) is 83.8 Å². The van der Waals surface area contributed by atoms with Gasteiger partial charge in [0.25, 0.3) is 11.8 Å². The SMILES string of the molecule is COc1ccc(C(=O)Nc2ccc(C(=O)NNC(=O)c3ccco3)cc2)cc1. The first-order valence-electron chi connectivity index (χ1n) is 8.26. The summed E-state index contributed by atoms with van der Waals surface area (Å²) in [5, 5.41) is 2.74. The molecule has 0 radical (unpaired) electrons. The van der Waals surface area contributed by atoms with E-state index in [1.807, 2.05) is 0 Å². The van der Waals surface area contributed by atoms with Crippen LogP contribution in [0, 0.1) is 0 Å². The van der Waals surface area contributed by atoms with E-state index in [9.17, 15) is 14.4 Å². The van der Waals surface area contributed by atoms with Crippen LogP contribution in [0.3, 0.4) is 0 Å². The molecule has 0 spiro atoms. The maximum atomic E-state index is 12.2. The summed E-state index contributed by atoms with van der Waals surface area (Å²) in [4.78, 5) is 36.0. The van der Waals surface area contributed by atoms with Gasteiger partial charge in [-0.3, -0.25) is 25.2 Å². The van der Waals surface area contributed by atoms with E-state index in [0.29, 0.717) is 22.6 Å². The molecule has 0 aliphatic heterocycles. The molecule has 3 amide bonds. The summed E-state index contributed by atoms with van der Waals surface area (Å²) in [6.45, 7) is 0. The van der Waals surface area contributed by atoms with Gasteiger partial charge in [0.2, 0.25) is 0 Å². The summed E-state index contributed by atoms with van der Waals surface area (Å²) in [7, 11) is 1.55. The van der Waals surface area contributed by atoms with Gasteiger partial charge in [0.05, 0.1) is 13.4 Å². The predicted octanol–water partition coefficient (Wildman–Crippen LogP) is 2.62. The molecule has 0 aliphatic rings. The Morgan fingerprint density at radius 2 is 1.39 bits per heavy atom. The Bertz CT molecular complexity index is 964. The molecule has 8 nitrogen and oxygen atoms in total. The van der Waals surface area contributed by atoms with Crippen LogP contribution in [0.1, 0.15) is 31.3 Å². The molecule has 3 rings (SSSR count). The van der Waals surface area contributed by atoms with Crippen molar-refractivity contribution in [2.75, 3.05) is 12.4 Å². The number of hydrazine groups is 1. The first-order chi connectivity index (χ1) is 13.6. The molecule has 8 heteroatoms. The zero-order chi connectivity index (χ0) is 19.9. The van der Waals surface area contributed by atoms with Crippen molar-refractivity contribution < 1.29 is 23.5 Å². The molecule has 2 aromatic carbocycles. The van der Waals surface area contributed by atoms with E-state index in [1.54, 1.807) is 49.6 Å². The standard InChI is InChI=1S/C20H17N3O5/c1-27-16-10-6-13(7-11-16)18(24)21-15-8-4-14(5-9-15)19(25)22-23-20(26)17-3-2-12-28-17/h2-12H,1H3,(H,21,24)(H,22,25)(H,23,26). The van der Waals surface area contributed by atoms with Gasteiger partial charge in [-0.1, -0.05) is 0 Å². The Kier molecular flexibility index (Phi) is 5.71. The molecule has 142 valence electrons. The summed E-state index contributed by atoms with van der Waals surface area (Å²) >= 11 is 0. The molecule has 3 aromatic rings. The normalized spacial score (nSPS) is 10.0. The number of anilines is 1. The lowest BCUT2D eigenvalue weighted by atomic mass is 10.1. The van der Waals surface area contributed by atoms with Gasteiger partial charge >= 0.3 is 5.91 Å². The molecule has 1 aromatic heterocycles. The Hall–Kier alpha value is -4.07. The number of amides is 3. The highest BCUT2D eigenvalue weighted by molar-refractivity contribution is 6.04. The minimum Gasteiger partial charge on any atom is -0.497 e. The summed E-state index contributed by atoms with van der Waals surface area (Å²) in [5.41, 5.74) is 5.84. The van der Waals surface area contributed by atoms with E-state index in [2.05, 4.69) is 16.2 Å². The maximum Gasteiger partial charge on any atom is 0.305 e. The van der Waals surface area contributed by atoms with Crippen molar-refractivity contribution in [2.45, 2.75) is 0 Å². The number of carbonyl (C=O) groups excluding carboxylic acids is 3. The minimum atomic E-state index is -0.568. The second-order valence-corrected chi connectivity index (χ2v) is 5.65. The van der Waals surface area contributed by atoms with Crippen molar-refractivity contribution in [1.82, 2.24) is 10.9 Å². The molecule has 1 heterocycles. The van der Waals surface area contributed by atoms with Crippen molar-refractivity contribution in [3.8, 4) is 5.75 Å². The van der Waals surface area contributed by atoms with Crippen LogP contribution in [0.2, 0.25) is 0 Å². The highest BCUT2D eigenvalue weighted by Crippen LogP contribution is 2.14. The first kappa shape index (κ1) is 18.7. The molecule has 0 atom stereocenters. The molecule has 0 fully saturated rings. The van der Waals surface area contributed by atoms with E-state index < -0.39 is 11.8 Å². The second kappa shape index (κ2) is 8.54. The van der Waals surface area contributed by atoms with Gasteiger partial charge in [-0.2, -0.15) is 0 Å². The minimum absolute atomic E-state index is 0.0805. The van der Waals surface area contributed by atoms with Gasteiger partial charge in [-0.15, -0.1) is 0 Å². The lowest BCUT2D eigenvalue weighted by Gasteiger charge is -2.08. The zero-order valence-corrected chi connectivity index (χ0v) is 14.9. The van der Waals surface area contributed by atoms with Crippen LogP contribution in [0.15, 0.2) is 71.3 Å². The van der Waals surface area contributed by atoms with Gasteiger partial charge in [0.15, 0.2) is 5.76 Å². The number of carbonyl (C=O) groups is 3. The molecule has 3 N–H and O–H groups in total. The lowest BCUT2D eigenvalue weighted by Crippen LogP contribution is -2.41. The molecule has 0 unspecified atom stereocenters. The van der Waals surface area contributed by atoms with Gasteiger partial charge in [-0.25, -0.2) is 0 Å². The topological polar surface area (TPSA) is 110 Å². The average Bonchev–Trinajstić information content (AvgIpc) is 3.27. The third-order valence-electron chi connectivity index (χ3n) is 3.79. The Labute approximate surface area is 160 Å². The summed E-state index contributed by atoms with van der Waals surface area (Å²) in [5.74, 6) is -0.622. The number of rotatable bonds is 5. The van der Waals surface area contributed by atoms with Gasteiger partial charge in [0.1, 0.15) is 5.75 Å². The first-order valence-corrected chi connectivity index (χ1v) is 8.26. The van der Waals surface area contributed by atoms with Gasteiger partial charge < -0.3 is 14.5 Å². The molecular formula is C20H17N3O5. The fourth-order valence-electron chi connectivity index (χ4n) is 2.31. The molecule has 0 aliphatic carbocycles. The number of nitrogens with one attached hydrogen (secondary N) is 3. The molecule has 28 heavy (non-hydrogen) atoms. The quantitative estimate of drug-likeness (QED) is 0.591. The van der Waals surface area contributed by atoms with Crippen LogP contribution in [0.5, 0.6) is 5.75 Å². The fourth-order valence-corrected chi connectivity index (χ4v) is 2.31. The van der Waals surface area contributed by atoms with Crippen molar-refractivity contribution in [3.63, 3.8) is 0 Å². The molecule has 0 saturated carbocycles. The monoisotopic (exact) mass is 379 g/mol. The highest BCUT2D eigenvalue weighted by atomic mass is 16.5. The second-order valence-electron chi connectivity index (χ2n) is 5.65. The smallest absolute Gasteiger partial charge is 0.305 e. The van der Waals surface area contributed by atoms with Crippen LogP contribution in [-0.4, -0.2) is 24.8 Å². The van der Waals surface area contributed by atoms with Crippen LogP contribution < -0.4 is 20.9 Å². The van der Waals surface area contributed by atoms with E-state index in [-0.39, 0.29) is 11.7 Å². The third kappa shape index (κ3) is 4.55. The fraction of sp³-hybridized carbons (Fsp3) is 0.0500. The average molecular weight is 379 g/mol. The number of methoxy groups -OCH3 is 1. The van der Waals surface area contributed by atoms with E-state index in [0.717, 1.165) is 0 Å². The Balaban J connectivity index is 1.55. The highest BCUT2D eigenvalue weighted by Gasteiger charge is 2.11. The maximum absolute atomic E-state index is 12.2. The van der Waals surface area contributed by atoms with Crippen LogP contribution >= 0.6 is 0 Å². The Morgan fingerprint density at radius 3 is 2.00 bits per heavy atom. The molecule has 0 saturated heterocycles. The lowest BCUT2D eigenvalue weighted by molar-refractivity contribution is 0.0831. The zero-order valence-electron chi connectivity index (χ0n) is 14.9. The summed E-state index contributed by atoms with van der Waals surface area (Å²) < 4.78 is 9.98. The number of hydrogen-bond acceptors (Lipinski definition) is 5.